The van der Waals surface area contributed by atoms with Gasteiger partial charge in [0.25, 0.3) is 0 Å². The lowest BCUT2D eigenvalue weighted by molar-refractivity contribution is -0.342. The summed E-state index contributed by atoms with van der Waals surface area (Å²) in [5.41, 5.74) is 2.43. The van der Waals surface area contributed by atoms with Crippen LogP contribution < -0.4 is 10.1 Å². The maximum atomic E-state index is 13.0. The summed E-state index contributed by atoms with van der Waals surface area (Å²) in [5.74, 6) is 0.915. The zero-order valence-corrected chi connectivity index (χ0v) is 14.6. The molecule has 2 N–H and O–H groups in total. The molecule has 0 unspecified atom stereocenters. The molecular formula is C18H15F2N5O3. The van der Waals surface area contributed by atoms with Gasteiger partial charge in [-0.3, -0.25) is 4.74 Å². The van der Waals surface area contributed by atoms with Gasteiger partial charge in [0.1, 0.15) is 11.3 Å². The highest BCUT2D eigenvalue weighted by Crippen LogP contribution is 2.27. The first kappa shape index (κ1) is 17.9. The number of nitrogens with zero attached hydrogens (tertiary/aromatic N) is 3. The van der Waals surface area contributed by atoms with Crippen LogP contribution in [-0.4, -0.2) is 34.0 Å². The average molecular weight is 387 g/mol. The predicted octanol–water partition coefficient (Wildman–Crippen LogP) is 3.80. The zero-order chi connectivity index (χ0) is 19.6. The fourth-order valence-electron chi connectivity index (χ4n) is 2.59. The molecule has 0 radical (unpaired) electrons. The van der Waals surface area contributed by atoms with Gasteiger partial charge in [0.15, 0.2) is 5.76 Å². The Kier molecular flexibility index (Phi) is 4.62. The number of rotatable bonds is 7. The van der Waals surface area contributed by atoms with Gasteiger partial charge in [0.05, 0.1) is 0 Å². The first-order valence-corrected chi connectivity index (χ1v) is 8.25. The molecule has 0 fully saturated rings. The van der Waals surface area contributed by atoms with Gasteiger partial charge in [0.2, 0.25) is 5.82 Å². The van der Waals surface area contributed by atoms with E-state index in [4.69, 9.17) is 4.42 Å². The number of nitrogens with one attached hydrogen (secondary N) is 2. The van der Waals surface area contributed by atoms with E-state index in [1.165, 1.54) is 12.1 Å². The second-order valence-corrected chi connectivity index (χ2v) is 5.87. The Balaban J connectivity index is 1.42. The Morgan fingerprint density at radius 2 is 1.96 bits per heavy atom. The number of methoxy groups -OCH3 is 1. The molecule has 4 aromatic rings. The molecular weight excluding hydrogens is 372 g/mol. The zero-order valence-electron chi connectivity index (χ0n) is 14.6. The number of ether oxygens (including phenoxy) is 2. The summed E-state index contributed by atoms with van der Waals surface area (Å²) in [7, 11) is 0.872. The van der Waals surface area contributed by atoms with Gasteiger partial charge < -0.3 is 14.5 Å². The van der Waals surface area contributed by atoms with E-state index in [0.717, 1.165) is 23.7 Å². The molecule has 0 aliphatic rings. The maximum absolute atomic E-state index is 13.0. The fraction of sp³-hybridized carbons (Fsp3) is 0.167. The molecule has 0 saturated carbocycles. The summed E-state index contributed by atoms with van der Waals surface area (Å²) < 4.78 is 40.2. The summed E-state index contributed by atoms with van der Waals surface area (Å²) in [5, 5.41) is 17.8. The van der Waals surface area contributed by atoms with Crippen molar-refractivity contribution in [2.24, 2.45) is 0 Å². The highest BCUT2D eigenvalue weighted by molar-refractivity contribution is 5.82. The van der Waals surface area contributed by atoms with E-state index in [-0.39, 0.29) is 5.75 Å². The number of halogens is 2. The Morgan fingerprint density at radius 3 is 2.68 bits per heavy atom. The number of hydrogen-bond donors (Lipinski definition) is 2. The largest absolute Gasteiger partial charge is 0.535 e. The number of aromatic nitrogens is 4. The number of tetrazole rings is 1. The first-order valence-electron chi connectivity index (χ1n) is 8.25. The highest BCUT2D eigenvalue weighted by atomic mass is 19.3. The van der Waals surface area contributed by atoms with Gasteiger partial charge in [-0.1, -0.05) is 12.1 Å². The molecule has 28 heavy (non-hydrogen) atoms. The van der Waals surface area contributed by atoms with Crippen molar-refractivity contribution in [3.05, 3.63) is 54.1 Å². The number of furan rings is 1. The van der Waals surface area contributed by atoms with Crippen LogP contribution in [0.2, 0.25) is 0 Å². The SMILES string of the molecule is COC(F)(F)Oc1ccc(NCc2ccc3cc(-c4nn[nH]n4)oc3c2)cc1. The monoisotopic (exact) mass is 387 g/mol. The number of anilines is 1. The van der Waals surface area contributed by atoms with Gasteiger partial charge in [-0.15, -0.1) is 19.0 Å². The molecule has 0 bridgehead atoms. The molecule has 10 heteroatoms. The normalized spacial score (nSPS) is 11.7. The van der Waals surface area contributed by atoms with E-state index in [2.05, 4.69) is 35.4 Å². The van der Waals surface area contributed by atoms with Crippen molar-refractivity contribution in [3.8, 4) is 17.3 Å². The van der Waals surface area contributed by atoms with Crippen molar-refractivity contribution < 1.29 is 22.7 Å². The topological polar surface area (TPSA) is 98.1 Å². The molecule has 144 valence electrons. The number of H-pyrrole nitrogens is 1. The van der Waals surface area contributed by atoms with Gasteiger partial charge in [0, 0.05) is 24.7 Å². The third-order valence-corrected chi connectivity index (χ3v) is 3.98. The average Bonchev–Trinajstić information content (AvgIpc) is 3.36. The number of aromatic amines is 1. The number of alkyl halides is 2. The molecule has 2 heterocycles. The second-order valence-electron chi connectivity index (χ2n) is 5.87. The third kappa shape index (κ3) is 3.91. The molecule has 0 saturated heterocycles. The van der Waals surface area contributed by atoms with Crippen LogP contribution in [-0.2, 0) is 11.3 Å². The van der Waals surface area contributed by atoms with Crippen LogP contribution in [0.1, 0.15) is 5.56 Å². The number of hydrogen-bond acceptors (Lipinski definition) is 7. The lowest BCUT2D eigenvalue weighted by Crippen LogP contribution is -2.26. The standard InChI is InChI=1S/C18H15F2N5O3/c1-26-18(19,20)28-14-6-4-13(5-7-14)21-10-11-2-3-12-9-16(27-15(12)8-11)17-22-24-25-23-17/h2-9,21H,10H2,1H3,(H,22,23,24,25). The minimum absolute atomic E-state index is 0.00315. The Hall–Kier alpha value is -3.53. The van der Waals surface area contributed by atoms with Crippen molar-refractivity contribution >= 4 is 16.7 Å². The predicted molar refractivity (Wildman–Crippen MR) is 95.7 cm³/mol. The Bertz CT molecular complexity index is 1060. The van der Waals surface area contributed by atoms with Crippen LogP contribution in [0.5, 0.6) is 5.75 Å². The van der Waals surface area contributed by atoms with Crippen molar-refractivity contribution in [3.63, 3.8) is 0 Å². The van der Waals surface area contributed by atoms with E-state index in [0.29, 0.717) is 23.7 Å². The van der Waals surface area contributed by atoms with Crippen LogP contribution in [0.25, 0.3) is 22.6 Å². The van der Waals surface area contributed by atoms with Crippen LogP contribution in [0, 0.1) is 0 Å². The molecule has 0 aliphatic heterocycles. The molecule has 0 amide bonds. The fourth-order valence-corrected chi connectivity index (χ4v) is 2.59. The molecule has 0 spiro atoms. The van der Waals surface area contributed by atoms with Crippen molar-refractivity contribution in [2.45, 2.75) is 12.8 Å². The first-order chi connectivity index (χ1) is 13.5. The van der Waals surface area contributed by atoms with E-state index in [1.807, 2.05) is 24.3 Å². The van der Waals surface area contributed by atoms with Crippen LogP contribution in [0.3, 0.4) is 0 Å². The quantitative estimate of drug-likeness (QED) is 0.466. The van der Waals surface area contributed by atoms with E-state index in [1.54, 1.807) is 12.1 Å². The summed E-state index contributed by atoms with van der Waals surface area (Å²) >= 11 is 0. The van der Waals surface area contributed by atoms with E-state index in [9.17, 15) is 8.78 Å². The van der Waals surface area contributed by atoms with Gasteiger partial charge in [-0.2, -0.15) is 5.21 Å². The lowest BCUT2D eigenvalue weighted by Gasteiger charge is -2.15. The van der Waals surface area contributed by atoms with E-state index >= 15 is 0 Å². The second kappa shape index (κ2) is 7.24. The number of benzene rings is 2. The lowest BCUT2D eigenvalue weighted by atomic mass is 10.1. The molecule has 2 aromatic heterocycles. The number of fused-ring (bicyclic) bond motifs is 1. The van der Waals surface area contributed by atoms with Gasteiger partial charge in [-0.05, 0) is 47.2 Å². The summed E-state index contributed by atoms with van der Waals surface area (Å²) in [4.78, 5) is 0. The van der Waals surface area contributed by atoms with Crippen molar-refractivity contribution in [1.29, 1.82) is 0 Å². The van der Waals surface area contributed by atoms with Crippen LogP contribution in [0.15, 0.2) is 52.9 Å². The smallest absolute Gasteiger partial charge is 0.453 e. The maximum Gasteiger partial charge on any atom is 0.535 e. The molecule has 4 rings (SSSR count). The summed E-state index contributed by atoms with van der Waals surface area (Å²) in [6, 6.07) is 13.8. The molecule has 2 aromatic carbocycles. The molecule has 8 nitrogen and oxygen atoms in total. The Labute approximate surface area is 157 Å². The highest BCUT2D eigenvalue weighted by Gasteiger charge is 2.31. The minimum Gasteiger partial charge on any atom is -0.453 e. The van der Waals surface area contributed by atoms with E-state index < -0.39 is 6.29 Å². The minimum atomic E-state index is -3.66. The van der Waals surface area contributed by atoms with Gasteiger partial charge in [-0.25, -0.2) is 0 Å². The van der Waals surface area contributed by atoms with Crippen LogP contribution >= 0.6 is 0 Å². The van der Waals surface area contributed by atoms with Crippen molar-refractivity contribution in [2.75, 3.05) is 12.4 Å². The third-order valence-electron chi connectivity index (χ3n) is 3.98. The van der Waals surface area contributed by atoms with Crippen molar-refractivity contribution in [1.82, 2.24) is 20.6 Å². The summed E-state index contributed by atoms with van der Waals surface area (Å²) in [6.07, 6.45) is -3.66. The summed E-state index contributed by atoms with van der Waals surface area (Å²) in [6.45, 7) is 0.516. The molecule has 0 aliphatic carbocycles. The van der Waals surface area contributed by atoms with Crippen LogP contribution in [0.4, 0.5) is 14.5 Å². The van der Waals surface area contributed by atoms with Gasteiger partial charge >= 0.3 is 6.29 Å². The Morgan fingerprint density at radius 1 is 1.14 bits per heavy atom. The molecule has 0 atom stereocenters.